The summed E-state index contributed by atoms with van der Waals surface area (Å²) in [5, 5.41) is 0. The Bertz CT molecular complexity index is 358. The Labute approximate surface area is 106 Å². The van der Waals surface area contributed by atoms with Crippen molar-refractivity contribution in [3.63, 3.8) is 0 Å². The zero-order valence-electron chi connectivity index (χ0n) is 8.65. The summed E-state index contributed by atoms with van der Waals surface area (Å²) in [6, 6.07) is 11.7. The van der Waals surface area contributed by atoms with Crippen LogP contribution in [-0.2, 0) is 24.0 Å². The first-order valence-corrected chi connectivity index (χ1v) is 5.25. The Hall–Kier alpha value is -1.87. The Morgan fingerprint density at radius 1 is 0.765 bits per heavy atom. The van der Waals surface area contributed by atoms with Gasteiger partial charge in [-0.1, -0.05) is 0 Å². The van der Waals surface area contributed by atoms with Gasteiger partial charge in [-0.2, -0.15) is 0 Å². The summed E-state index contributed by atoms with van der Waals surface area (Å²) < 4.78 is 1.99. The average molecular weight is 271 g/mol. The van der Waals surface area contributed by atoms with Crippen molar-refractivity contribution in [3.8, 4) is 0 Å². The molecule has 0 aliphatic carbocycles. The number of rotatable bonds is 2. The van der Waals surface area contributed by atoms with Gasteiger partial charge in [-0.05, 0) is 0 Å². The van der Waals surface area contributed by atoms with E-state index in [1.54, 1.807) is 12.4 Å². The topological polar surface area (TPSA) is 59.9 Å². The third-order valence-corrected chi connectivity index (χ3v) is 2.47. The third-order valence-electron chi connectivity index (χ3n) is 1.38. The predicted molar refractivity (Wildman–Crippen MR) is 59.1 cm³/mol. The molecule has 0 saturated carbocycles. The van der Waals surface area contributed by atoms with Crippen molar-refractivity contribution < 1.29 is 24.0 Å². The molecule has 0 aromatic carbocycles. The van der Waals surface area contributed by atoms with Gasteiger partial charge in [0.05, 0.1) is 0 Å². The van der Waals surface area contributed by atoms with E-state index in [9.17, 15) is 0 Å². The summed E-state index contributed by atoms with van der Waals surface area (Å²) in [6.07, 6.45) is 3.58. The molecule has 4 nitrogen and oxygen atoms in total. The number of carbonyl (C=O) groups excluding carboxylic acids is 2. The van der Waals surface area contributed by atoms with Gasteiger partial charge in [-0.25, -0.2) is 0 Å². The molecule has 0 aliphatic heterocycles. The van der Waals surface area contributed by atoms with Gasteiger partial charge in [0.25, 0.3) is 13.6 Å². The zero-order chi connectivity index (χ0) is 12.9. The molecule has 0 atom stereocenters. The summed E-state index contributed by atoms with van der Waals surface area (Å²) >= 11 is 1.38. The van der Waals surface area contributed by atoms with Crippen LogP contribution < -0.4 is 9.33 Å². The van der Waals surface area contributed by atoms with E-state index in [2.05, 4.69) is 23.5 Å². The quantitative estimate of drug-likeness (QED) is 0.704. The molecule has 17 heavy (non-hydrogen) atoms. The van der Waals surface area contributed by atoms with E-state index in [-0.39, 0.29) is 0 Å². The molecular formula is C12H8N2NiO2. The number of hydrogen-bond donors (Lipinski definition) is 0. The maximum absolute atomic E-state index is 7.50. The minimum absolute atomic E-state index is 0.994. The van der Waals surface area contributed by atoms with Crippen LogP contribution in [0.4, 0.5) is 0 Å². The van der Waals surface area contributed by atoms with Crippen LogP contribution in [0, 0.1) is 0 Å². The van der Waals surface area contributed by atoms with E-state index in [1.807, 2.05) is 36.4 Å². The van der Waals surface area contributed by atoms with Crippen LogP contribution in [-0.4, -0.2) is 23.5 Å². The molecule has 88 valence electrons. The van der Waals surface area contributed by atoms with Gasteiger partial charge in [-0.15, -0.1) is 0 Å². The SMILES string of the molecule is [C]=O.[C]=O.c1cc[c]([Ni][c]2ccccn2)nc1. The molecule has 0 fully saturated rings. The fraction of sp³-hybridized carbons (Fsp3) is 0. The van der Waals surface area contributed by atoms with Gasteiger partial charge >= 0.3 is 82.5 Å². The van der Waals surface area contributed by atoms with Gasteiger partial charge in [0.1, 0.15) is 0 Å². The van der Waals surface area contributed by atoms with Crippen molar-refractivity contribution in [2.24, 2.45) is 0 Å². The minimum atomic E-state index is 0.994. The molecule has 2 aromatic rings. The number of hydrogen-bond acceptors (Lipinski definition) is 4. The van der Waals surface area contributed by atoms with Crippen LogP contribution in [0.1, 0.15) is 0 Å². The van der Waals surface area contributed by atoms with E-state index in [0.29, 0.717) is 0 Å². The normalized spacial score (nSPS) is 8.24. The van der Waals surface area contributed by atoms with E-state index < -0.39 is 0 Å². The van der Waals surface area contributed by atoms with Crippen LogP contribution in [0.15, 0.2) is 48.8 Å². The monoisotopic (exact) mass is 270 g/mol. The zero-order valence-corrected chi connectivity index (χ0v) is 9.63. The number of nitrogens with zero attached hydrogens (tertiary/aromatic N) is 2. The fourth-order valence-corrected chi connectivity index (χ4v) is 1.73. The van der Waals surface area contributed by atoms with E-state index in [4.69, 9.17) is 9.59 Å². The predicted octanol–water partition coefficient (Wildman–Crippen LogP) is -0.284. The summed E-state index contributed by atoms with van der Waals surface area (Å²) in [6.45, 7) is 9.00. The van der Waals surface area contributed by atoms with Crippen LogP contribution in [0.3, 0.4) is 0 Å². The third kappa shape index (κ3) is 6.33. The van der Waals surface area contributed by atoms with E-state index >= 15 is 0 Å². The van der Waals surface area contributed by atoms with Crippen molar-refractivity contribution in [1.82, 2.24) is 9.97 Å². The second kappa shape index (κ2) is 10.6. The van der Waals surface area contributed by atoms with Gasteiger partial charge in [0, 0.05) is 0 Å². The maximum atomic E-state index is 7.50. The summed E-state index contributed by atoms with van der Waals surface area (Å²) in [5.41, 5.74) is 0. The Morgan fingerprint density at radius 3 is 1.47 bits per heavy atom. The molecule has 4 radical (unpaired) electrons. The van der Waals surface area contributed by atoms with Crippen LogP contribution in [0.25, 0.3) is 0 Å². The molecular weight excluding hydrogens is 263 g/mol. The summed E-state index contributed by atoms with van der Waals surface area (Å²) in [7, 11) is 0. The van der Waals surface area contributed by atoms with Crippen molar-refractivity contribution in [2.75, 3.05) is 0 Å². The number of aromatic nitrogens is 2. The van der Waals surface area contributed by atoms with Crippen molar-refractivity contribution in [3.05, 3.63) is 48.8 Å². The van der Waals surface area contributed by atoms with Crippen molar-refractivity contribution in [1.29, 1.82) is 0 Å². The van der Waals surface area contributed by atoms with Crippen molar-refractivity contribution in [2.45, 2.75) is 0 Å². The second-order valence-corrected chi connectivity index (χ2v) is 3.58. The molecule has 0 unspecified atom stereocenters. The standard InChI is InChI=1S/2C5H4N.2CO.Ni/c2*1-2-4-6-5-3-1;2*1-2;/h2*1-4H;;;. The molecule has 0 bridgehead atoms. The summed E-state index contributed by atoms with van der Waals surface area (Å²) in [4.78, 5) is 23.4. The van der Waals surface area contributed by atoms with E-state index in [0.717, 1.165) is 9.33 Å². The Morgan fingerprint density at radius 2 is 1.18 bits per heavy atom. The molecule has 5 heteroatoms. The fourth-order valence-electron chi connectivity index (χ4n) is 0.839. The summed E-state index contributed by atoms with van der Waals surface area (Å²) in [5.74, 6) is 0. The van der Waals surface area contributed by atoms with E-state index in [1.165, 1.54) is 14.4 Å². The molecule has 0 N–H and O–H groups in total. The first kappa shape index (κ1) is 15.1. The second-order valence-electron chi connectivity index (χ2n) is 2.32. The Balaban J connectivity index is 0.000000581. The first-order valence-electron chi connectivity index (χ1n) is 4.27. The molecule has 0 spiro atoms. The van der Waals surface area contributed by atoms with Gasteiger partial charge < -0.3 is 0 Å². The molecule has 2 aromatic heterocycles. The Kier molecular flexibility index (Phi) is 9.48. The first-order chi connectivity index (χ1) is 8.45. The van der Waals surface area contributed by atoms with Crippen LogP contribution in [0.2, 0.25) is 0 Å². The molecule has 0 saturated heterocycles. The molecule has 0 aliphatic rings. The van der Waals surface area contributed by atoms with Crippen LogP contribution in [0.5, 0.6) is 0 Å². The van der Waals surface area contributed by atoms with Gasteiger partial charge in [0.2, 0.25) is 0 Å². The van der Waals surface area contributed by atoms with Crippen molar-refractivity contribution >= 4 is 22.9 Å². The average Bonchev–Trinajstić information content (AvgIpc) is 2.45. The molecule has 2 rings (SSSR count). The van der Waals surface area contributed by atoms with Gasteiger partial charge in [-0.3, -0.25) is 9.59 Å². The molecule has 2 heterocycles. The van der Waals surface area contributed by atoms with Crippen LogP contribution >= 0.6 is 0 Å². The number of pyridine rings is 2. The van der Waals surface area contributed by atoms with Gasteiger partial charge in [0.15, 0.2) is 0 Å². The molecule has 0 amide bonds.